The van der Waals surface area contributed by atoms with Gasteiger partial charge in [-0.2, -0.15) is 10.4 Å². The summed E-state index contributed by atoms with van der Waals surface area (Å²) >= 11 is 5.59. The quantitative estimate of drug-likeness (QED) is 0.0861. The summed E-state index contributed by atoms with van der Waals surface area (Å²) in [6.45, 7) is 10.1. The Morgan fingerprint density at radius 3 is 1.61 bits per heavy atom. The van der Waals surface area contributed by atoms with E-state index in [0.717, 1.165) is 0 Å². The lowest BCUT2D eigenvalue weighted by atomic mass is 10.2. The normalized spacial score (nSPS) is 10.5. The van der Waals surface area contributed by atoms with Gasteiger partial charge in [0.1, 0.15) is 22.8 Å². The van der Waals surface area contributed by atoms with Crippen LogP contribution < -0.4 is 26.6 Å². The molecule has 0 bridgehead atoms. The number of carbonyl (C=O) groups excluding carboxylic acids is 5. The molecule has 0 spiro atoms. The van der Waals surface area contributed by atoms with E-state index in [1.807, 2.05) is 6.07 Å². The van der Waals surface area contributed by atoms with E-state index in [-0.39, 0.29) is 46.6 Å². The Labute approximate surface area is 266 Å². The molecule has 0 fully saturated rings. The zero-order chi connectivity index (χ0) is 33.7. The average molecular weight is 648 g/mol. The van der Waals surface area contributed by atoms with Gasteiger partial charge >= 0.3 is 0 Å². The largest absolute Gasteiger partial charge is 0.355 e. The van der Waals surface area contributed by atoms with Crippen LogP contribution in [0, 0.1) is 39.0 Å². The van der Waals surface area contributed by atoms with Gasteiger partial charge in [-0.05, 0) is 27.7 Å². The maximum Gasteiger partial charge on any atom is 0.274 e. The van der Waals surface area contributed by atoms with E-state index in [1.54, 1.807) is 27.7 Å². The first-order valence-electron chi connectivity index (χ1n) is 13.7. The molecule has 17 heteroatoms. The fourth-order valence-corrected chi connectivity index (χ4v) is 4.42. The lowest BCUT2D eigenvalue weighted by Gasteiger charge is -2.07. The molecular weight excluding hydrogens is 618 g/mol. The van der Waals surface area contributed by atoms with Crippen LogP contribution in [-0.2, 0) is 4.79 Å². The smallest absolute Gasteiger partial charge is 0.274 e. The van der Waals surface area contributed by atoms with Crippen molar-refractivity contribution in [3.05, 3.63) is 75.2 Å². The number of anilines is 4. The van der Waals surface area contributed by atoms with Crippen molar-refractivity contribution in [3.8, 4) is 6.07 Å². The number of hydrogen-bond acceptors (Lipinski definition) is 7. The van der Waals surface area contributed by atoms with Crippen molar-refractivity contribution >= 4 is 64.0 Å². The predicted molar refractivity (Wildman–Crippen MR) is 170 cm³/mol. The van der Waals surface area contributed by atoms with E-state index < -0.39 is 29.5 Å². The van der Waals surface area contributed by atoms with Crippen LogP contribution in [0.2, 0.25) is 0 Å². The van der Waals surface area contributed by atoms with Gasteiger partial charge in [0.25, 0.3) is 29.5 Å². The first-order valence-corrected chi connectivity index (χ1v) is 14.1. The molecule has 4 aromatic rings. The third-order valence-corrected chi connectivity index (χ3v) is 7.25. The Morgan fingerprint density at radius 1 is 0.739 bits per heavy atom. The summed E-state index contributed by atoms with van der Waals surface area (Å²) in [5.41, 5.74) is 3.54. The molecule has 0 aromatic carbocycles. The number of carbonyl (C=O) groups is 5. The van der Waals surface area contributed by atoms with E-state index in [2.05, 4.69) is 58.3 Å². The highest BCUT2D eigenvalue weighted by Gasteiger charge is 2.23. The van der Waals surface area contributed by atoms with Crippen molar-refractivity contribution in [1.82, 2.24) is 30.5 Å². The van der Waals surface area contributed by atoms with E-state index in [1.165, 1.54) is 18.6 Å². The standard InChI is InChI=1S/C29H30ClN11O5/c1-12-17(9-33-20(12)26(43)32-8-6-7-31)36-27(44)21-13(2)18(10-34-21)37-28(45)22-14(3)19(11-35-22)38-29(46)23-15(4)24(41-40-23)39-25(42)16(5)30/h9-11,33-35H,5-6,8H2,1-4H3,(H,32,43)(H,36,44)(H,37,45)(H,38,46)(H2,39,40,41,42). The molecule has 0 saturated heterocycles. The Hall–Kier alpha value is -6.08. The van der Waals surface area contributed by atoms with Crippen LogP contribution in [0.4, 0.5) is 22.9 Å². The van der Waals surface area contributed by atoms with Gasteiger partial charge < -0.3 is 41.5 Å². The van der Waals surface area contributed by atoms with Crippen LogP contribution >= 0.6 is 11.6 Å². The highest BCUT2D eigenvalue weighted by Crippen LogP contribution is 2.25. The Bertz CT molecular complexity index is 1920. The zero-order valence-corrected chi connectivity index (χ0v) is 25.9. The summed E-state index contributed by atoms with van der Waals surface area (Å²) in [6, 6.07) is 1.95. The molecule has 16 nitrogen and oxygen atoms in total. The average Bonchev–Trinajstić information content (AvgIpc) is 3.76. The summed E-state index contributed by atoms with van der Waals surface area (Å²) in [5, 5.41) is 28.1. The molecular formula is C29H30ClN11O5. The number of rotatable bonds is 11. The van der Waals surface area contributed by atoms with Crippen LogP contribution in [0.1, 0.15) is 70.6 Å². The van der Waals surface area contributed by atoms with Crippen molar-refractivity contribution in [3.63, 3.8) is 0 Å². The van der Waals surface area contributed by atoms with Gasteiger partial charge in [0.2, 0.25) is 0 Å². The molecule has 0 unspecified atom stereocenters. The maximum absolute atomic E-state index is 13.1. The second kappa shape index (κ2) is 13.7. The number of nitriles is 1. The summed E-state index contributed by atoms with van der Waals surface area (Å²) in [7, 11) is 0. The molecule has 4 aromatic heterocycles. The molecule has 9 N–H and O–H groups in total. The number of hydrogen-bond donors (Lipinski definition) is 9. The van der Waals surface area contributed by atoms with Crippen LogP contribution in [-0.4, -0.2) is 61.2 Å². The van der Waals surface area contributed by atoms with Gasteiger partial charge in [-0.15, -0.1) is 0 Å². The summed E-state index contributed by atoms with van der Waals surface area (Å²) < 4.78 is 0. The molecule has 0 aliphatic rings. The van der Waals surface area contributed by atoms with Gasteiger partial charge in [-0.1, -0.05) is 18.2 Å². The number of H-pyrrole nitrogens is 4. The van der Waals surface area contributed by atoms with Gasteiger partial charge in [0.05, 0.1) is 34.6 Å². The highest BCUT2D eigenvalue weighted by atomic mass is 35.5. The first-order chi connectivity index (χ1) is 21.8. The SMILES string of the molecule is C=C(Cl)C(=O)Nc1n[nH]c(C(=O)Nc2c[nH]c(C(=O)Nc3c[nH]c(C(=O)Nc4c[nH]c(C(=O)NCCC#N)c4C)c3C)c2C)c1C. The first kappa shape index (κ1) is 32.8. The van der Waals surface area contributed by atoms with Crippen molar-refractivity contribution < 1.29 is 24.0 Å². The minimum absolute atomic E-state index is 0.0840. The second-order valence-corrected chi connectivity index (χ2v) is 10.5. The fourth-order valence-electron chi connectivity index (χ4n) is 4.37. The Balaban J connectivity index is 1.40. The third kappa shape index (κ3) is 6.84. The third-order valence-electron chi connectivity index (χ3n) is 7.08. The minimum Gasteiger partial charge on any atom is -0.355 e. The number of nitrogens with zero attached hydrogens (tertiary/aromatic N) is 2. The highest BCUT2D eigenvalue weighted by molar-refractivity contribution is 6.43. The fraction of sp³-hybridized carbons (Fsp3) is 0.207. The molecule has 0 atom stereocenters. The van der Waals surface area contributed by atoms with Gasteiger partial charge in [0, 0.05) is 47.4 Å². The van der Waals surface area contributed by atoms with E-state index >= 15 is 0 Å². The molecule has 0 saturated carbocycles. The van der Waals surface area contributed by atoms with Crippen LogP contribution in [0.15, 0.2) is 30.2 Å². The Kier molecular flexibility index (Phi) is 9.77. The molecule has 0 aliphatic heterocycles. The number of aromatic amines is 4. The summed E-state index contributed by atoms with van der Waals surface area (Å²) in [5.74, 6) is -2.54. The van der Waals surface area contributed by atoms with Gasteiger partial charge in [0.15, 0.2) is 5.82 Å². The van der Waals surface area contributed by atoms with E-state index in [0.29, 0.717) is 39.3 Å². The van der Waals surface area contributed by atoms with Crippen molar-refractivity contribution in [1.29, 1.82) is 5.26 Å². The zero-order valence-electron chi connectivity index (χ0n) is 25.2. The second-order valence-electron chi connectivity index (χ2n) is 10.1. The lowest BCUT2D eigenvalue weighted by molar-refractivity contribution is -0.112. The number of halogens is 1. The van der Waals surface area contributed by atoms with Crippen molar-refractivity contribution in [2.45, 2.75) is 34.1 Å². The summed E-state index contributed by atoms with van der Waals surface area (Å²) in [4.78, 5) is 71.8. The maximum atomic E-state index is 13.1. The number of aromatic nitrogens is 5. The molecule has 0 radical (unpaired) electrons. The Morgan fingerprint density at radius 2 is 1.17 bits per heavy atom. The topological polar surface area (TPSA) is 245 Å². The number of nitrogens with one attached hydrogen (secondary N) is 9. The van der Waals surface area contributed by atoms with Gasteiger partial charge in [-0.3, -0.25) is 29.1 Å². The predicted octanol–water partition coefficient (Wildman–Crippen LogP) is 3.72. The minimum atomic E-state index is -0.661. The molecule has 46 heavy (non-hydrogen) atoms. The van der Waals surface area contributed by atoms with Crippen LogP contribution in [0.5, 0.6) is 0 Å². The molecule has 238 valence electrons. The molecule has 0 aliphatic carbocycles. The summed E-state index contributed by atoms with van der Waals surface area (Å²) in [6.07, 6.45) is 4.58. The van der Waals surface area contributed by atoms with Gasteiger partial charge in [-0.25, -0.2) is 0 Å². The van der Waals surface area contributed by atoms with Crippen LogP contribution in [0.25, 0.3) is 0 Å². The molecule has 4 heterocycles. The van der Waals surface area contributed by atoms with Crippen LogP contribution in [0.3, 0.4) is 0 Å². The molecule has 4 rings (SSSR count). The lowest BCUT2D eigenvalue weighted by Crippen LogP contribution is -2.25. The van der Waals surface area contributed by atoms with E-state index in [4.69, 9.17) is 16.9 Å². The number of amides is 5. The molecule has 5 amide bonds. The van der Waals surface area contributed by atoms with Crippen molar-refractivity contribution in [2.24, 2.45) is 0 Å². The van der Waals surface area contributed by atoms with Crippen molar-refractivity contribution in [2.75, 3.05) is 27.8 Å². The van der Waals surface area contributed by atoms with E-state index in [9.17, 15) is 24.0 Å². The monoisotopic (exact) mass is 647 g/mol.